The Bertz CT molecular complexity index is 199. The largest absolute Gasteiger partial charge is 0.313 e. The van der Waals surface area contributed by atoms with Crippen LogP contribution in [0.5, 0.6) is 0 Å². The highest BCUT2D eigenvalue weighted by Crippen LogP contribution is 2.23. The Labute approximate surface area is 108 Å². The van der Waals surface area contributed by atoms with Crippen LogP contribution in [0.15, 0.2) is 0 Å². The highest BCUT2D eigenvalue weighted by Gasteiger charge is 2.18. The molecule has 1 rings (SSSR count). The average molecular weight is 240 g/mol. The van der Waals surface area contributed by atoms with Crippen molar-refractivity contribution in [3.63, 3.8) is 0 Å². The molecular weight excluding hydrogens is 208 g/mol. The molecule has 0 aromatic rings. The van der Waals surface area contributed by atoms with Crippen molar-refractivity contribution in [2.45, 2.75) is 59.4 Å². The molecule has 2 heteroatoms. The minimum atomic E-state index is 0.412. The van der Waals surface area contributed by atoms with E-state index in [4.69, 9.17) is 0 Å². The summed E-state index contributed by atoms with van der Waals surface area (Å²) in [6.45, 7) is 12.8. The molecular formula is C15H32N2. The molecule has 0 spiro atoms. The lowest BCUT2D eigenvalue weighted by Crippen LogP contribution is -2.39. The van der Waals surface area contributed by atoms with Gasteiger partial charge in [0.2, 0.25) is 0 Å². The maximum Gasteiger partial charge on any atom is 0.0104 e. The summed E-state index contributed by atoms with van der Waals surface area (Å²) in [5, 5.41) is 3.72. The topological polar surface area (TPSA) is 15.3 Å². The lowest BCUT2D eigenvalue weighted by atomic mass is 9.87. The minimum absolute atomic E-state index is 0.412. The molecule has 0 aromatic carbocycles. The van der Waals surface area contributed by atoms with E-state index < -0.39 is 0 Å². The van der Waals surface area contributed by atoms with Crippen LogP contribution in [0.25, 0.3) is 0 Å². The van der Waals surface area contributed by atoms with Gasteiger partial charge in [-0.2, -0.15) is 0 Å². The molecule has 1 aliphatic carbocycles. The van der Waals surface area contributed by atoms with Gasteiger partial charge < -0.3 is 10.2 Å². The monoisotopic (exact) mass is 240 g/mol. The zero-order valence-electron chi connectivity index (χ0n) is 12.6. The van der Waals surface area contributed by atoms with Gasteiger partial charge in [-0.3, -0.25) is 0 Å². The second kappa shape index (κ2) is 6.75. The highest BCUT2D eigenvalue weighted by atomic mass is 15.1. The first-order chi connectivity index (χ1) is 7.87. The Morgan fingerprint density at radius 2 is 1.71 bits per heavy atom. The Hall–Kier alpha value is -0.0800. The van der Waals surface area contributed by atoms with Crippen LogP contribution in [0.4, 0.5) is 0 Å². The molecule has 0 bridgehead atoms. The summed E-state index contributed by atoms with van der Waals surface area (Å²) < 4.78 is 0. The van der Waals surface area contributed by atoms with Crippen LogP contribution in [0.1, 0.15) is 53.4 Å². The first kappa shape index (κ1) is 15.0. The SMILES string of the molecule is CC1CCC(NCCN(C)CC(C)(C)C)CC1. The fourth-order valence-corrected chi connectivity index (χ4v) is 2.81. The van der Waals surface area contributed by atoms with Crippen molar-refractivity contribution in [3.05, 3.63) is 0 Å². The van der Waals surface area contributed by atoms with Crippen molar-refractivity contribution in [2.75, 3.05) is 26.7 Å². The molecule has 1 fully saturated rings. The van der Waals surface area contributed by atoms with Crippen molar-refractivity contribution in [1.29, 1.82) is 0 Å². The number of rotatable bonds is 5. The number of nitrogens with one attached hydrogen (secondary N) is 1. The van der Waals surface area contributed by atoms with E-state index >= 15 is 0 Å². The van der Waals surface area contributed by atoms with E-state index in [0.717, 1.165) is 18.5 Å². The summed E-state index contributed by atoms with van der Waals surface area (Å²) in [6.07, 6.45) is 5.58. The predicted octanol–water partition coefficient (Wildman–Crippen LogP) is 3.13. The molecule has 17 heavy (non-hydrogen) atoms. The molecule has 0 unspecified atom stereocenters. The minimum Gasteiger partial charge on any atom is -0.313 e. The lowest BCUT2D eigenvalue weighted by molar-refractivity contribution is 0.219. The molecule has 102 valence electrons. The van der Waals surface area contributed by atoms with Gasteiger partial charge in [0.05, 0.1) is 0 Å². The summed E-state index contributed by atoms with van der Waals surface area (Å²) in [4.78, 5) is 2.44. The lowest BCUT2D eigenvalue weighted by Gasteiger charge is -2.29. The third kappa shape index (κ3) is 7.05. The van der Waals surface area contributed by atoms with Crippen molar-refractivity contribution in [1.82, 2.24) is 10.2 Å². The Kier molecular flexibility index (Phi) is 5.94. The molecule has 0 heterocycles. The molecule has 0 radical (unpaired) electrons. The van der Waals surface area contributed by atoms with Gasteiger partial charge in [-0.15, -0.1) is 0 Å². The molecule has 0 aromatic heterocycles. The van der Waals surface area contributed by atoms with Crippen molar-refractivity contribution in [2.24, 2.45) is 11.3 Å². The second-order valence-corrected chi connectivity index (χ2v) is 7.21. The summed E-state index contributed by atoms with van der Waals surface area (Å²) in [6, 6.07) is 0.786. The summed E-state index contributed by atoms with van der Waals surface area (Å²) in [5.74, 6) is 0.955. The van der Waals surface area contributed by atoms with Crippen molar-refractivity contribution in [3.8, 4) is 0 Å². The Balaban J connectivity index is 2.07. The van der Waals surface area contributed by atoms with Crippen LogP contribution in [-0.4, -0.2) is 37.6 Å². The first-order valence-electron chi connectivity index (χ1n) is 7.29. The summed E-state index contributed by atoms with van der Waals surface area (Å²) in [7, 11) is 2.23. The van der Waals surface area contributed by atoms with E-state index in [2.05, 4.69) is 45.0 Å². The van der Waals surface area contributed by atoms with Gasteiger partial charge in [-0.1, -0.05) is 27.7 Å². The summed E-state index contributed by atoms with van der Waals surface area (Å²) in [5.41, 5.74) is 0.412. The third-order valence-corrected chi connectivity index (χ3v) is 3.69. The quantitative estimate of drug-likeness (QED) is 0.794. The average Bonchev–Trinajstić information content (AvgIpc) is 2.18. The molecule has 1 saturated carbocycles. The van der Waals surface area contributed by atoms with Gasteiger partial charge >= 0.3 is 0 Å². The number of likely N-dealkylation sites (N-methyl/N-ethyl adjacent to an activating group) is 1. The summed E-state index contributed by atoms with van der Waals surface area (Å²) >= 11 is 0. The first-order valence-corrected chi connectivity index (χ1v) is 7.29. The van der Waals surface area contributed by atoms with Crippen LogP contribution >= 0.6 is 0 Å². The fraction of sp³-hybridized carbons (Fsp3) is 1.00. The zero-order chi connectivity index (χ0) is 12.9. The van der Waals surface area contributed by atoms with E-state index in [1.54, 1.807) is 0 Å². The second-order valence-electron chi connectivity index (χ2n) is 7.21. The van der Waals surface area contributed by atoms with E-state index in [9.17, 15) is 0 Å². The van der Waals surface area contributed by atoms with Crippen molar-refractivity contribution >= 4 is 0 Å². The molecule has 1 aliphatic rings. The van der Waals surface area contributed by atoms with Crippen molar-refractivity contribution < 1.29 is 0 Å². The molecule has 0 saturated heterocycles. The van der Waals surface area contributed by atoms with Gasteiger partial charge in [-0.25, -0.2) is 0 Å². The van der Waals surface area contributed by atoms with Gasteiger partial charge in [-0.05, 0) is 44.1 Å². The van der Waals surface area contributed by atoms with Gasteiger partial charge in [0, 0.05) is 25.7 Å². The maximum atomic E-state index is 3.72. The van der Waals surface area contributed by atoms with Gasteiger partial charge in [0.1, 0.15) is 0 Å². The van der Waals surface area contributed by atoms with Crippen LogP contribution in [0.2, 0.25) is 0 Å². The normalized spacial score (nSPS) is 26.5. The fourth-order valence-electron chi connectivity index (χ4n) is 2.81. The van der Waals surface area contributed by atoms with Crippen LogP contribution < -0.4 is 5.32 Å². The van der Waals surface area contributed by atoms with Crippen LogP contribution in [-0.2, 0) is 0 Å². The maximum absolute atomic E-state index is 3.72. The van der Waals surface area contributed by atoms with Crippen LogP contribution in [0.3, 0.4) is 0 Å². The molecule has 0 amide bonds. The Morgan fingerprint density at radius 1 is 1.12 bits per heavy atom. The zero-order valence-corrected chi connectivity index (χ0v) is 12.6. The predicted molar refractivity (Wildman–Crippen MR) is 76.4 cm³/mol. The van der Waals surface area contributed by atoms with Gasteiger partial charge in [0.15, 0.2) is 0 Å². The Morgan fingerprint density at radius 3 is 2.24 bits per heavy atom. The molecule has 1 N–H and O–H groups in total. The highest BCUT2D eigenvalue weighted by molar-refractivity contribution is 4.76. The van der Waals surface area contributed by atoms with E-state index in [1.807, 2.05) is 0 Å². The van der Waals surface area contributed by atoms with E-state index in [1.165, 1.54) is 38.8 Å². The third-order valence-electron chi connectivity index (χ3n) is 3.69. The number of hydrogen-bond acceptors (Lipinski definition) is 2. The van der Waals surface area contributed by atoms with Gasteiger partial charge in [0.25, 0.3) is 0 Å². The number of nitrogens with zero attached hydrogens (tertiary/aromatic N) is 1. The molecule has 0 aliphatic heterocycles. The van der Waals surface area contributed by atoms with E-state index in [-0.39, 0.29) is 0 Å². The van der Waals surface area contributed by atoms with Crippen LogP contribution in [0, 0.1) is 11.3 Å². The van der Waals surface area contributed by atoms with E-state index in [0.29, 0.717) is 5.41 Å². The molecule has 2 nitrogen and oxygen atoms in total. The standard InChI is InChI=1S/C15H32N2/c1-13-6-8-14(9-7-13)16-10-11-17(5)12-15(2,3)4/h13-14,16H,6-12H2,1-5H3. The molecule has 0 atom stereocenters. The number of hydrogen-bond donors (Lipinski definition) is 1. The smallest absolute Gasteiger partial charge is 0.0104 e.